The first-order valence-corrected chi connectivity index (χ1v) is 8.43. The van der Waals surface area contributed by atoms with Crippen LogP contribution in [0.1, 0.15) is 37.7 Å². The van der Waals surface area contributed by atoms with E-state index in [9.17, 15) is 9.59 Å². The molecule has 1 aromatic carbocycles. The minimum Gasteiger partial charge on any atom is -0.464 e. The van der Waals surface area contributed by atoms with Crippen molar-refractivity contribution in [3.63, 3.8) is 0 Å². The lowest BCUT2D eigenvalue weighted by Gasteiger charge is -2.27. The van der Waals surface area contributed by atoms with Gasteiger partial charge < -0.3 is 10.1 Å². The topological polar surface area (TPSA) is 67.8 Å². The van der Waals surface area contributed by atoms with Crippen LogP contribution in [0.2, 0.25) is 0 Å². The number of amides is 1. The maximum absolute atomic E-state index is 12.8. The van der Waals surface area contributed by atoms with E-state index in [0.29, 0.717) is 0 Å². The van der Waals surface area contributed by atoms with Crippen molar-refractivity contribution < 1.29 is 14.3 Å². The van der Waals surface area contributed by atoms with Crippen molar-refractivity contribution in [3.8, 4) is 0 Å². The first kappa shape index (κ1) is 16.4. The molecule has 0 saturated heterocycles. The fourth-order valence-corrected chi connectivity index (χ4v) is 3.38. The molecule has 0 bridgehead atoms. The number of nitrogens with one attached hydrogen (secondary N) is 1. The quantitative estimate of drug-likeness (QED) is 0.849. The van der Waals surface area contributed by atoms with Gasteiger partial charge in [0.1, 0.15) is 11.8 Å². The summed E-state index contributed by atoms with van der Waals surface area (Å²) in [7, 11) is 1.33. The maximum atomic E-state index is 12.8. The predicted molar refractivity (Wildman–Crippen MR) is 93.9 cm³/mol. The Morgan fingerprint density at radius 2 is 1.92 bits per heavy atom. The number of ether oxygens (including phenoxy) is 1. The van der Waals surface area contributed by atoms with Crippen molar-refractivity contribution in [2.24, 2.45) is 10.9 Å². The molecule has 0 aromatic heterocycles. The molecule has 1 N–H and O–H groups in total. The van der Waals surface area contributed by atoms with Gasteiger partial charge in [0, 0.05) is 5.69 Å². The third-order valence-electron chi connectivity index (χ3n) is 4.68. The van der Waals surface area contributed by atoms with E-state index in [1.54, 1.807) is 12.2 Å². The fourth-order valence-electron chi connectivity index (χ4n) is 3.38. The molecule has 1 saturated carbocycles. The highest BCUT2D eigenvalue weighted by Gasteiger charge is 2.31. The van der Waals surface area contributed by atoms with Gasteiger partial charge >= 0.3 is 5.97 Å². The van der Waals surface area contributed by atoms with Crippen LogP contribution in [-0.2, 0) is 14.3 Å². The average molecular weight is 326 g/mol. The molecule has 5 heteroatoms. The van der Waals surface area contributed by atoms with Gasteiger partial charge in [-0.1, -0.05) is 43.5 Å². The zero-order valence-corrected chi connectivity index (χ0v) is 13.8. The van der Waals surface area contributed by atoms with Gasteiger partial charge in [0.05, 0.1) is 7.11 Å². The molecule has 3 rings (SSSR count). The Hall–Kier alpha value is -2.43. The van der Waals surface area contributed by atoms with Crippen LogP contribution in [0.25, 0.3) is 6.08 Å². The van der Waals surface area contributed by atoms with Gasteiger partial charge in [-0.2, -0.15) is 0 Å². The second kappa shape index (κ2) is 7.43. The molecule has 1 amide bonds. The van der Waals surface area contributed by atoms with E-state index in [2.05, 4.69) is 10.3 Å². The molecular weight excluding hydrogens is 304 g/mol. The second-order valence-electron chi connectivity index (χ2n) is 6.26. The Balaban J connectivity index is 2.01. The van der Waals surface area contributed by atoms with E-state index < -0.39 is 12.0 Å². The maximum Gasteiger partial charge on any atom is 0.356 e. The van der Waals surface area contributed by atoms with E-state index in [4.69, 9.17) is 4.74 Å². The number of nitrogens with zero attached hydrogens (tertiary/aromatic N) is 1. The summed E-state index contributed by atoms with van der Waals surface area (Å²) < 4.78 is 4.83. The Labute approximate surface area is 141 Å². The highest BCUT2D eigenvalue weighted by atomic mass is 16.5. The van der Waals surface area contributed by atoms with Gasteiger partial charge in [0.15, 0.2) is 0 Å². The molecular formula is C19H22N2O3. The highest BCUT2D eigenvalue weighted by Crippen LogP contribution is 2.30. The molecule has 126 valence electrons. The van der Waals surface area contributed by atoms with E-state index in [1.807, 2.05) is 24.3 Å². The first-order valence-electron chi connectivity index (χ1n) is 8.43. The Morgan fingerprint density at radius 3 is 2.67 bits per heavy atom. The van der Waals surface area contributed by atoms with Crippen LogP contribution in [0.3, 0.4) is 0 Å². The summed E-state index contributed by atoms with van der Waals surface area (Å²) in [4.78, 5) is 29.4. The molecule has 1 aliphatic heterocycles. The lowest BCUT2D eigenvalue weighted by atomic mass is 9.83. The van der Waals surface area contributed by atoms with Crippen molar-refractivity contribution in [1.82, 2.24) is 0 Å². The Morgan fingerprint density at radius 1 is 1.17 bits per heavy atom. The van der Waals surface area contributed by atoms with E-state index >= 15 is 0 Å². The number of rotatable bonds is 2. The van der Waals surface area contributed by atoms with Crippen LogP contribution in [0.5, 0.6) is 0 Å². The molecule has 1 unspecified atom stereocenters. The number of fused-ring (bicyclic) bond motifs is 1. The summed E-state index contributed by atoms with van der Waals surface area (Å²) in [6, 6.07) is 6.96. The molecule has 1 atom stereocenters. The van der Waals surface area contributed by atoms with Gasteiger partial charge in [-0.25, -0.2) is 4.79 Å². The molecule has 24 heavy (non-hydrogen) atoms. The number of aliphatic imine (C=N–C) groups is 1. The number of para-hydroxylation sites is 1. The van der Waals surface area contributed by atoms with Crippen molar-refractivity contribution in [3.05, 3.63) is 35.9 Å². The number of hydrogen-bond acceptors (Lipinski definition) is 4. The summed E-state index contributed by atoms with van der Waals surface area (Å²) in [6.45, 7) is 0. The standard InChI is InChI=1S/C19H22N2O3/c1-24-19(23)16-12-11-13-7-5-6-10-15(13)21-18(22)17(20-16)14-8-3-2-4-9-14/h5-7,10-12,14,17H,2-4,8-9H2,1H3,(H,21,22)/b12-11+,20-16?. The lowest BCUT2D eigenvalue weighted by Crippen LogP contribution is -2.36. The number of carbonyl (C=O) groups excluding carboxylic acids is 2. The van der Waals surface area contributed by atoms with Crippen molar-refractivity contribution in [2.75, 3.05) is 12.4 Å². The minimum absolute atomic E-state index is 0.153. The molecule has 1 heterocycles. The zero-order chi connectivity index (χ0) is 16.9. The number of benzene rings is 1. The molecule has 5 nitrogen and oxygen atoms in total. The van der Waals surface area contributed by atoms with Gasteiger partial charge in [0.2, 0.25) is 5.91 Å². The number of methoxy groups -OCH3 is 1. The number of anilines is 1. The summed E-state index contributed by atoms with van der Waals surface area (Å²) in [5.41, 5.74) is 1.77. The smallest absolute Gasteiger partial charge is 0.356 e. The molecule has 1 aliphatic carbocycles. The SMILES string of the molecule is COC(=O)C1=NC(C2CCCCC2)C(=O)Nc2ccccc2/C=C/1. The number of esters is 1. The monoisotopic (exact) mass is 326 g/mol. The van der Waals surface area contributed by atoms with Crippen LogP contribution in [0.15, 0.2) is 35.3 Å². The third-order valence-corrected chi connectivity index (χ3v) is 4.68. The zero-order valence-electron chi connectivity index (χ0n) is 13.8. The summed E-state index contributed by atoms with van der Waals surface area (Å²) in [6.07, 6.45) is 8.74. The Bertz CT molecular complexity index is 688. The summed E-state index contributed by atoms with van der Waals surface area (Å²) in [5.74, 6) is -0.504. The van der Waals surface area contributed by atoms with E-state index in [0.717, 1.165) is 36.9 Å². The second-order valence-corrected chi connectivity index (χ2v) is 6.26. The highest BCUT2D eigenvalue weighted by molar-refractivity contribution is 6.42. The fraction of sp³-hybridized carbons (Fsp3) is 0.421. The van der Waals surface area contributed by atoms with Gasteiger partial charge in [0.25, 0.3) is 0 Å². The molecule has 1 fully saturated rings. The number of carbonyl (C=O) groups is 2. The molecule has 1 aromatic rings. The van der Waals surface area contributed by atoms with E-state index in [1.165, 1.54) is 13.5 Å². The third kappa shape index (κ3) is 3.55. The van der Waals surface area contributed by atoms with Crippen molar-refractivity contribution in [2.45, 2.75) is 38.1 Å². The van der Waals surface area contributed by atoms with Crippen molar-refractivity contribution in [1.29, 1.82) is 0 Å². The number of hydrogen-bond donors (Lipinski definition) is 1. The average Bonchev–Trinajstić information content (AvgIpc) is 2.69. The molecule has 0 spiro atoms. The van der Waals surface area contributed by atoms with Crippen molar-refractivity contribution >= 4 is 29.4 Å². The van der Waals surface area contributed by atoms with E-state index in [-0.39, 0.29) is 17.5 Å². The van der Waals surface area contributed by atoms with Gasteiger partial charge in [-0.3, -0.25) is 9.79 Å². The van der Waals surface area contributed by atoms with Gasteiger partial charge in [-0.15, -0.1) is 0 Å². The largest absolute Gasteiger partial charge is 0.464 e. The van der Waals surface area contributed by atoms with Crippen LogP contribution in [-0.4, -0.2) is 30.7 Å². The van der Waals surface area contributed by atoms with Crippen LogP contribution < -0.4 is 5.32 Å². The molecule has 2 aliphatic rings. The molecule has 0 radical (unpaired) electrons. The minimum atomic E-state index is -0.560. The predicted octanol–water partition coefficient (Wildman–Crippen LogP) is 3.21. The first-order chi connectivity index (χ1) is 11.7. The normalized spacial score (nSPS) is 23.0. The summed E-state index contributed by atoms with van der Waals surface area (Å²) in [5, 5.41) is 2.98. The lowest BCUT2D eigenvalue weighted by molar-refractivity contribution is -0.132. The van der Waals surface area contributed by atoms with Crippen LogP contribution in [0, 0.1) is 5.92 Å². The van der Waals surface area contributed by atoms with Crippen LogP contribution >= 0.6 is 0 Å². The van der Waals surface area contributed by atoms with Crippen LogP contribution in [0.4, 0.5) is 5.69 Å². The van der Waals surface area contributed by atoms with Gasteiger partial charge in [-0.05, 0) is 36.5 Å². The Kier molecular flexibility index (Phi) is 5.08. The summed E-state index contributed by atoms with van der Waals surface area (Å²) >= 11 is 0.